The Morgan fingerprint density at radius 3 is 2.84 bits per heavy atom. The highest BCUT2D eigenvalue weighted by Gasteiger charge is 2.12. The third kappa shape index (κ3) is 3.56. The molecule has 0 saturated carbocycles. The molecule has 1 aromatic heterocycles. The fraction of sp³-hybridized carbons (Fsp3) is 0.154. The molecule has 2 rings (SSSR count). The lowest BCUT2D eigenvalue weighted by Crippen LogP contribution is -2.04. The second kappa shape index (κ2) is 6.36. The van der Waals surface area contributed by atoms with Crippen molar-refractivity contribution in [2.45, 2.75) is 16.2 Å². The number of esters is 1. The number of nitrogens with zero attached hydrogens (tertiary/aromatic N) is 2. The summed E-state index contributed by atoms with van der Waals surface area (Å²) in [4.78, 5) is 16.7. The largest absolute Gasteiger partial charge is 0.461 e. The van der Waals surface area contributed by atoms with Crippen molar-refractivity contribution in [2.75, 3.05) is 6.61 Å². The van der Waals surface area contributed by atoms with Crippen LogP contribution in [0.4, 0.5) is 0 Å². The van der Waals surface area contributed by atoms with E-state index in [1.807, 2.05) is 12.1 Å². The van der Waals surface area contributed by atoms with Gasteiger partial charge in [-0.05, 0) is 31.2 Å². The fourth-order valence-electron chi connectivity index (χ4n) is 1.30. The summed E-state index contributed by atoms with van der Waals surface area (Å²) >= 11 is 2.85. The summed E-state index contributed by atoms with van der Waals surface area (Å²) in [6, 6.07) is 9.28. The maximum Gasteiger partial charge on any atom is 0.357 e. The normalized spacial score (nSPS) is 9.89. The molecule has 0 saturated heterocycles. The van der Waals surface area contributed by atoms with Crippen LogP contribution < -0.4 is 0 Å². The Hall–Kier alpha value is -1.84. The van der Waals surface area contributed by atoms with E-state index in [2.05, 4.69) is 11.1 Å². The molecule has 1 heterocycles. The van der Waals surface area contributed by atoms with Crippen molar-refractivity contribution in [1.29, 1.82) is 5.26 Å². The van der Waals surface area contributed by atoms with Gasteiger partial charge in [-0.15, -0.1) is 11.3 Å². The molecule has 96 valence electrons. The number of nitriles is 1. The second-order valence-corrected chi connectivity index (χ2v) is 5.64. The van der Waals surface area contributed by atoms with E-state index in [4.69, 9.17) is 10.00 Å². The van der Waals surface area contributed by atoms with Crippen LogP contribution in [-0.4, -0.2) is 17.6 Å². The Balaban J connectivity index is 2.07. The first kappa shape index (κ1) is 13.6. The highest BCUT2D eigenvalue weighted by Crippen LogP contribution is 2.30. The molecule has 0 aliphatic rings. The molecule has 0 N–H and O–H groups in total. The third-order valence-corrected chi connectivity index (χ3v) is 4.10. The summed E-state index contributed by atoms with van der Waals surface area (Å²) in [5.41, 5.74) is 0.957. The van der Waals surface area contributed by atoms with Gasteiger partial charge in [-0.25, -0.2) is 9.78 Å². The van der Waals surface area contributed by atoms with E-state index in [0.29, 0.717) is 17.9 Å². The molecule has 2 aromatic rings. The van der Waals surface area contributed by atoms with E-state index >= 15 is 0 Å². The van der Waals surface area contributed by atoms with Gasteiger partial charge in [-0.2, -0.15) is 5.26 Å². The monoisotopic (exact) mass is 290 g/mol. The van der Waals surface area contributed by atoms with Crippen molar-refractivity contribution in [3.05, 3.63) is 40.9 Å². The lowest BCUT2D eigenvalue weighted by molar-refractivity contribution is 0.0520. The van der Waals surface area contributed by atoms with Gasteiger partial charge in [-0.3, -0.25) is 0 Å². The van der Waals surface area contributed by atoms with E-state index in [-0.39, 0.29) is 0 Å². The zero-order chi connectivity index (χ0) is 13.7. The second-order valence-electron chi connectivity index (χ2n) is 3.46. The van der Waals surface area contributed by atoms with E-state index < -0.39 is 5.97 Å². The highest BCUT2D eigenvalue weighted by molar-refractivity contribution is 8.01. The van der Waals surface area contributed by atoms with Crippen molar-refractivity contribution < 1.29 is 9.53 Å². The zero-order valence-electron chi connectivity index (χ0n) is 10.1. The first-order valence-corrected chi connectivity index (χ1v) is 7.23. The molecule has 19 heavy (non-hydrogen) atoms. The molecule has 0 bridgehead atoms. The SMILES string of the molecule is CCOC(=O)c1csc(Sc2ccc(C#N)cc2)n1. The number of carbonyl (C=O) groups is 1. The van der Waals surface area contributed by atoms with Gasteiger partial charge in [-0.1, -0.05) is 11.8 Å². The van der Waals surface area contributed by atoms with Gasteiger partial charge >= 0.3 is 5.97 Å². The molecule has 1 aromatic carbocycles. The molecular formula is C13H10N2O2S2. The standard InChI is InChI=1S/C13H10N2O2S2/c1-2-17-12(16)11-8-18-13(15-11)19-10-5-3-9(7-14)4-6-10/h3-6,8H,2H2,1H3. The Morgan fingerprint density at radius 1 is 1.47 bits per heavy atom. The van der Waals surface area contributed by atoms with Crippen LogP contribution in [0.15, 0.2) is 38.9 Å². The summed E-state index contributed by atoms with van der Waals surface area (Å²) in [5.74, 6) is -0.398. The van der Waals surface area contributed by atoms with Crippen LogP contribution in [-0.2, 0) is 4.74 Å². The van der Waals surface area contributed by atoms with Crippen molar-refractivity contribution in [3.63, 3.8) is 0 Å². The van der Waals surface area contributed by atoms with Gasteiger partial charge in [0.05, 0.1) is 18.2 Å². The minimum Gasteiger partial charge on any atom is -0.461 e. The molecular weight excluding hydrogens is 280 g/mol. The molecule has 0 aliphatic carbocycles. The van der Waals surface area contributed by atoms with Crippen LogP contribution in [0.2, 0.25) is 0 Å². The Bertz CT molecular complexity index is 614. The van der Waals surface area contributed by atoms with E-state index in [1.54, 1.807) is 24.4 Å². The molecule has 0 aliphatic heterocycles. The number of aromatic nitrogens is 1. The van der Waals surface area contributed by atoms with Gasteiger partial charge in [0.25, 0.3) is 0 Å². The number of hydrogen-bond acceptors (Lipinski definition) is 6. The molecule has 0 spiro atoms. The number of carbonyl (C=O) groups excluding carboxylic acids is 1. The number of rotatable bonds is 4. The Labute approximate surface area is 119 Å². The van der Waals surface area contributed by atoms with Crippen LogP contribution in [0.3, 0.4) is 0 Å². The third-order valence-electron chi connectivity index (χ3n) is 2.16. The van der Waals surface area contributed by atoms with Crippen molar-refractivity contribution in [1.82, 2.24) is 4.98 Å². The van der Waals surface area contributed by atoms with Crippen LogP contribution >= 0.6 is 23.1 Å². The molecule has 0 atom stereocenters. The first-order chi connectivity index (χ1) is 9.22. The van der Waals surface area contributed by atoms with Gasteiger partial charge in [0.2, 0.25) is 0 Å². The van der Waals surface area contributed by atoms with E-state index in [1.165, 1.54) is 23.1 Å². The van der Waals surface area contributed by atoms with Gasteiger partial charge in [0.1, 0.15) is 0 Å². The van der Waals surface area contributed by atoms with Gasteiger partial charge in [0.15, 0.2) is 10.0 Å². The van der Waals surface area contributed by atoms with Gasteiger partial charge < -0.3 is 4.74 Å². The molecule has 4 nitrogen and oxygen atoms in total. The number of thiazole rings is 1. The maximum atomic E-state index is 11.5. The quantitative estimate of drug-likeness (QED) is 0.808. The summed E-state index contributed by atoms with van der Waals surface area (Å²) in [6.07, 6.45) is 0. The highest BCUT2D eigenvalue weighted by atomic mass is 32.2. The van der Waals surface area contributed by atoms with E-state index in [0.717, 1.165) is 9.24 Å². The predicted molar refractivity (Wildman–Crippen MR) is 73.4 cm³/mol. The summed E-state index contributed by atoms with van der Waals surface area (Å²) in [5, 5.41) is 10.4. The van der Waals surface area contributed by atoms with Crippen molar-refractivity contribution in [2.24, 2.45) is 0 Å². The van der Waals surface area contributed by atoms with Crippen LogP contribution in [0.1, 0.15) is 23.0 Å². The smallest absolute Gasteiger partial charge is 0.357 e. The molecule has 0 unspecified atom stereocenters. The number of ether oxygens (including phenoxy) is 1. The first-order valence-electron chi connectivity index (χ1n) is 5.53. The molecule has 0 radical (unpaired) electrons. The fourth-order valence-corrected chi connectivity index (χ4v) is 3.06. The van der Waals surface area contributed by atoms with E-state index in [9.17, 15) is 4.79 Å². The Morgan fingerprint density at radius 2 is 2.21 bits per heavy atom. The predicted octanol–water partition coefficient (Wildman–Crippen LogP) is 3.34. The summed E-state index contributed by atoms with van der Waals surface area (Å²) < 4.78 is 5.65. The molecule has 0 amide bonds. The lowest BCUT2D eigenvalue weighted by Gasteiger charge is -1.98. The average molecular weight is 290 g/mol. The minimum absolute atomic E-state index is 0.336. The minimum atomic E-state index is -0.398. The number of hydrogen-bond donors (Lipinski definition) is 0. The molecule has 0 fully saturated rings. The van der Waals surface area contributed by atoms with Gasteiger partial charge in [0, 0.05) is 10.3 Å². The van der Waals surface area contributed by atoms with Crippen molar-refractivity contribution >= 4 is 29.1 Å². The van der Waals surface area contributed by atoms with Crippen molar-refractivity contribution in [3.8, 4) is 6.07 Å². The van der Waals surface area contributed by atoms with Crippen LogP contribution in [0, 0.1) is 11.3 Å². The average Bonchev–Trinajstić information content (AvgIpc) is 2.88. The van der Waals surface area contributed by atoms with Crippen LogP contribution in [0.25, 0.3) is 0 Å². The van der Waals surface area contributed by atoms with Crippen LogP contribution in [0.5, 0.6) is 0 Å². The summed E-state index contributed by atoms with van der Waals surface area (Å²) in [6.45, 7) is 2.10. The molecule has 6 heteroatoms. The zero-order valence-corrected chi connectivity index (χ0v) is 11.8. The Kier molecular flexibility index (Phi) is 4.55. The lowest BCUT2D eigenvalue weighted by atomic mass is 10.2. The number of benzene rings is 1. The topological polar surface area (TPSA) is 63.0 Å². The maximum absolute atomic E-state index is 11.5. The summed E-state index contributed by atoms with van der Waals surface area (Å²) in [7, 11) is 0.